The lowest BCUT2D eigenvalue weighted by Gasteiger charge is -2.13. The van der Waals surface area contributed by atoms with E-state index in [2.05, 4.69) is 35.2 Å². The normalized spacial score (nSPS) is 11.4. The van der Waals surface area contributed by atoms with Crippen LogP contribution in [-0.4, -0.2) is 53.8 Å². The third kappa shape index (κ3) is 6.27. The molecular formula is C26H27N7O8S. The first-order valence-corrected chi connectivity index (χ1v) is 14.1. The zero-order valence-corrected chi connectivity index (χ0v) is 23.7. The average molecular weight is 598 g/mol. The first-order valence-electron chi connectivity index (χ1n) is 12.6. The molecule has 0 fully saturated rings. The number of aromatic nitrogens is 5. The van der Waals surface area contributed by atoms with Crippen LogP contribution in [0, 0.1) is 0 Å². The number of rotatable bonds is 12. The first-order chi connectivity index (χ1) is 20.3. The molecule has 0 aliphatic heterocycles. The second-order valence-corrected chi connectivity index (χ2v) is 10.6. The van der Waals surface area contributed by atoms with Crippen molar-refractivity contribution in [3.05, 3.63) is 71.6 Å². The van der Waals surface area contributed by atoms with E-state index in [1.54, 1.807) is 41.3 Å². The van der Waals surface area contributed by atoms with Crippen molar-refractivity contribution in [2.24, 2.45) is 0 Å². The van der Waals surface area contributed by atoms with Crippen LogP contribution >= 0.6 is 0 Å². The van der Waals surface area contributed by atoms with Crippen LogP contribution in [0.2, 0.25) is 0 Å². The number of carbonyl (C=O) groups excluding carboxylic acids is 1. The molecule has 0 aliphatic carbocycles. The van der Waals surface area contributed by atoms with Crippen molar-refractivity contribution in [1.29, 1.82) is 0 Å². The molecule has 0 radical (unpaired) electrons. The quantitative estimate of drug-likeness (QED) is 0.214. The van der Waals surface area contributed by atoms with Gasteiger partial charge in [0, 0.05) is 18.3 Å². The van der Waals surface area contributed by atoms with Crippen LogP contribution in [0.25, 0.3) is 11.0 Å². The Morgan fingerprint density at radius 1 is 1.07 bits per heavy atom. The summed E-state index contributed by atoms with van der Waals surface area (Å²) in [6.45, 7) is 2.42. The highest BCUT2D eigenvalue weighted by molar-refractivity contribution is 7.92. The standard InChI is InChI=1S/C26H27N7O8S/c1-4-16-5-6-19(39-14-23-28-15-40-30-23)22(9-16)42(35,36)32-25-24-20(37-2)7-17(8-21(24)41-31-25)12-33-13-18(11-29-33)10-27-26(34)38-3/h5-9,11,13,15H,4,10,12,14H2,1-3H3,(H,27,34)(H,31,32). The van der Waals surface area contributed by atoms with Gasteiger partial charge in [-0.3, -0.25) is 9.40 Å². The molecule has 0 spiro atoms. The van der Waals surface area contributed by atoms with Crippen LogP contribution in [0.4, 0.5) is 10.6 Å². The molecule has 5 rings (SSSR count). The van der Waals surface area contributed by atoms with Gasteiger partial charge in [-0.2, -0.15) is 10.1 Å². The Morgan fingerprint density at radius 3 is 2.67 bits per heavy atom. The highest BCUT2D eigenvalue weighted by Crippen LogP contribution is 2.36. The van der Waals surface area contributed by atoms with E-state index in [1.165, 1.54) is 20.3 Å². The lowest BCUT2D eigenvalue weighted by atomic mass is 10.1. The minimum Gasteiger partial charge on any atom is -0.496 e. The number of sulfonamides is 1. The van der Waals surface area contributed by atoms with Gasteiger partial charge in [0.2, 0.25) is 12.2 Å². The fourth-order valence-corrected chi connectivity index (χ4v) is 5.31. The van der Waals surface area contributed by atoms with Crippen molar-refractivity contribution in [3.63, 3.8) is 0 Å². The number of amides is 1. The second kappa shape index (κ2) is 12.2. The minimum atomic E-state index is -4.19. The maximum absolute atomic E-state index is 13.6. The van der Waals surface area contributed by atoms with Gasteiger partial charge in [0.1, 0.15) is 21.8 Å². The van der Waals surface area contributed by atoms with Crippen LogP contribution in [0.1, 0.15) is 29.4 Å². The van der Waals surface area contributed by atoms with E-state index in [9.17, 15) is 13.2 Å². The minimum absolute atomic E-state index is 0.0466. The number of hydrogen-bond acceptors (Lipinski definition) is 12. The third-order valence-electron chi connectivity index (χ3n) is 6.17. The smallest absolute Gasteiger partial charge is 0.407 e. The second-order valence-electron chi connectivity index (χ2n) is 8.97. The average Bonchev–Trinajstić information content (AvgIpc) is 3.76. The molecule has 0 saturated heterocycles. The van der Waals surface area contributed by atoms with E-state index in [4.69, 9.17) is 18.5 Å². The zero-order chi connectivity index (χ0) is 29.7. The van der Waals surface area contributed by atoms with Gasteiger partial charge in [-0.15, -0.1) is 0 Å². The summed E-state index contributed by atoms with van der Waals surface area (Å²) in [5.41, 5.74) is 2.63. The lowest BCUT2D eigenvalue weighted by Crippen LogP contribution is -2.21. The summed E-state index contributed by atoms with van der Waals surface area (Å²) < 4.78 is 57.5. The third-order valence-corrected chi connectivity index (χ3v) is 7.53. The molecule has 16 heteroatoms. The van der Waals surface area contributed by atoms with Crippen molar-refractivity contribution in [3.8, 4) is 11.5 Å². The van der Waals surface area contributed by atoms with Gasteiger partial charge in [0.25, 0.3) is 10.0 Å². The number of benzene rings is 2. The summed E-state index contributed by atoms with van der Waals surface area (Å²) >= 11 is 0. The predicted octanol–water partition coefficient (Wildman–Crippen LogP) is 3.26. The summed E-state index contributed by atoms with van der Waals surface area (Å²) in [7, 11) is -1.44. The van der Waals surface area contributed by atoms with E-state index in [-0.39, 0.29) is 35.4 Å². The first kappa shape index (κ1) is 28.4. The van der Waals surface area contributed by atoms with Crippen molar-refractivity contribution < 1.29 is 36.5 Å². The Balaban J connectivity index is 1.39. The highest BCUT2D eigenvalue weighted by atomic mass is 32.2. The molecule has 3 heterocycles. The SMILES string of the molecule is CCc1ccc(OCc2ncon2)c(S(=O)(=O)Nc2noc3cc(Cn4cc(CNC(=O)OC)cn4)cc(OC)c23)c1. The largest absolute Gasteiger partial charge is 0.496 e. The molecule has 220 valence electrons. The number of methoxy groups -OCH3 is 2. The molecule has 15 nitrogen and oxygen atoms in total. The monoisotopic (exact) mass is 597 g/mol. The molecular weight excluding hydrogens is 570 g/mol. The molecule has 0 atom stereocenters. The molecule has 3 aromatic heterocycles. The number of nitrogens with one attached hydrogen (secondary N) is 2. The zero-order valence-electron chi connectivity index (χ0n) is 22.9. The van der Waals surface area contributed by atoms with Crippen LogP contribution in [-0.2, 0) is 40.9 Å². The van der Waals surface area contributed by atoms with Gasteiger partial charge < -0.3 is 28.6 Å². The number of ether oxygens (including phenoxy) is 3. The van der Waals surface area contributed by atoms with E-state index < -0.39 is 16.1 Å². The summed E-state index contributed by atoms with van der Waals surface area (Å²) in [4.78, 5) is 15.1. The number of nitrogens with zero attached hydrogens (tertiary/aromatic N) is 5. The molecule has 2 N–H and O–H groups in total. The maximum atomic E-state index is 13.6. The van der Waals surface area contributed by atoms with Gasteiger partial charge in [0.05, 0.1) is 27.0 Å². The van der Waals surface area contributed by atoms with Crippen LogP contribution in [0.15, 0.2) is 63.1 Å². The number of fused-ring (bicyclic) bond motifs is 1. The number of anilines is 1. The molecule has 0 bridgehead atoms. The number of aryl methyl sites for hydroxylation is 1. The lowest BCUT2D eigenvalue weighted by molar-refractivity contribution is 0.170. The Hall–Kier alpha value is -5.12. The van der Waals surface area contributed by atoms with E-state index in [0.29, 0.717) is 29.7 Å². The van der Waals surface area contributed by atoms with Crippen LogP contribution in [0.3, 0.4) is 0 Å². The van der Waals surface area contributed by atoms with Gasteiger partial charge in [-0.1, -0.05) is 23.3 Å². The van der Waals surface area contributed by atoms with Gasteiger partial charge in [0.15, 0.2) is 18.0 Å². The fraction of sp³-hybridized carbons (Fsp3) is 0.269. The van der Waals surface area contributed by atoms with E-state index >= 15 is 0 Å². The summed E-state index contributed by atoms with van der Waals surface area (Å²) in [6, 6.07) is 8.34. The highest BCUT2D eigenvalue weighted by Gasteiger charge is 2.25. The van der Waals surface area contributed by atoms with E-state index in [0.717, 1.165) is 23.1 Å². The predicted molar refractivity (Wildman–Crippen MR) is 146 cm³/mol. The number of hydrogen-bond donors (Lipinski definition) is 2. The fourth-order valence-electron chi connectivity index (χ4n) is 4.11. The number of carbonyl (C=O) groups is 1. The molecule has 42 heavy (non-hydrogen) atoms. The van der Waals surface area contributed by atoms with E-state index in [1.807, 2.05) is 6.92 Å². The number of alkyl carbamates (subject to hydrolysis) is 1. The van der Waals surface area contributed by atoms with Crippen molar-refractivity contribution in [2.75, 3.05) is 18.9 Å². The van der Waals surface area contributed by atoms with Crippen molar-refractivity contribution in [1.82, 2.24) is 30.4 Å². The summed E-state index contributed by atoms with van der Waals surface area (Å²) in [6.07, 6.45) is 4.62. The molecule has 5 aromatic rings. The molecule has 2 aromatic carbocycles. The molecule has 1 amide bonds. The Labute approximate surface area is 239 Å². The maximum Gasteiger partial charge on any atom is 0.407 e. The Kier molecular flexibility index (Phi) is 8.24. The van der Waals surface area contributed by atoms with Gasteiger partial charge in [-0.05, 0) is 41.8 Å². The van der Waals surface area contributed by atoms with Gasteiger partial charge in [-0.25, -0.2) is 13.2 Å². The molecule has 0 aliphatic rings. The van der Waals surface area contributed by atoms with Crippen LogP contribution < -0.4 is 19.5 Å². The topological polar surface area (TPSA) is 186 Å². The Bertz CT molecular complexity index is 1800. The summed E-state index contributed by atoms with van der Waals surface area (Å²) in [5, 5.41) is 14.9. The van der Waals surface area contributed by atoms with Gasteiger partial charge >= 0.3 is 6.09 Å². The summed E-state index contributed by atoms with van der Waals surface area (Å²) in [5.74, 6) is 0.664. The van der Waals surface area contributed by atoms with Crippen LogP contribution in [0.5, 0.6) is 11.5 Å². The Morgan fingerprint density at radius 2 is 1.93 bits per heavy atom. The molecule has 0 unspecified atom stereocenters. The van der Waals surface area contributed by atoms with Crippen molar-refractivity contribution in [2.45, 2.75) is 37.9 Å². The molecule has 0 saturated carbocycles. The van der Waals surface area contributed by atoms with Crippen molar-refractivity contribution >= 4 is 32.9 Å².